The predicted molar refractivity (Wildman–Crippen MR) is 93.1 cm³/mol. The Labute approximate surface area is 145 Å². The highest BCUT2D eigenvalue weighted by molar-refractivity contribution is 5.98. The van der Waals surface area contributed by atoms with Crippen LogP contribution in [0.25, 0.3) is 0 Å². The lowest BCUT2D eigenvalue weighted by Crippen LogP contribution is -2.51. The van der Waals surface area contributed by atoms with Gasteiger partial charge in [0.05, 0.1) is 0 Å². The summed E-state index contributed by atoms with van der Waals surface area (Å²) in [6, 6.07) is 15.8. The van der Waals surface area contributed by atoms with E-state index in [0.717, 1.165) is 5.56 Å². The minimum absolute atomic E-state index is 0.261. The van der Waals surface area contributed by atoms with Crippen molar-refractivity contribution in [1.29, 1.82) is 0 Å². The van der Waals surface area contributed by atoms with Gasteiger partial charge in [-0.2, -0.15) is 0 Å². The highest BCUT2D eigenvalue weighted by Crippen LogP contribution is 2.06. The molecule has 0 aliphatic carbocycles. The third-order valence-corrected chi connectivity index (χ3v) is 3.67. The van der Waals surface area contributed by atoms with Crippen molar-refractivity contribution >= 4 is 17.8 Å². The summed E-state index contributed by atoms with van der Waals surface area (Å²) in [5.74, 6) is -2.07. The SMILES string of the molecule is C[C@@H](NC(=O)[C@@H](Cc1ccccc1)NC(=O)c1ccccc1)C(=O)O. The average Bonchev–Trinajstić information content (AvgIpc) is 2.62. The molecule has 0 radical (unpaired) electrons. The molecule has 0 unspecified atom stereocenters. The summed E-state index contributed by atoms with van der Waals surface area (Å²) in [5, 5.41) is 14.0. The van der Waals surface area contributed by atoms with Gasteiger partial charge in [0.1, 0.15) is 12.1 Å². The molecule has 0 aliphatic rings. The van der Waals surface area contributed by atoms with Crippen molar-refractivity contribution in [3.63, 3.8) is 0 Å². The Morgan fingerprint density at radius 1 is 0.920 bits per heavy atom. The van der Waals surface area contributed by atoms with E-state index in [2.05, 4.69) is 10.6 Å². The molecule has 0 heterocycles. The van der Waals surface area contributed by atoms with E-state index >= 15 is 0 Å². The van der Waals surface area contributed by atoms with Gasteiger partial charge in [0.2, 0.25) is 5.91 Å². The number of hydrogen-bond donors (Lipinski definition) is 3. The smallest absolute Gasteiger partial charge is 0.325 e. The lowest BCUT2D eigenvalue weighted by molar-refractivity contribution is -0.141. The fraction of sp³-hybridized carbons (Fsp3) is 0.211. The second kappa shape index (κ2) is 8.63. The quantitative estimate of drug-likeness (QED) is 0.714. The number of carboxylic acids is 1. The maximum absolute atomic E-state index is 12.4. The minimum Gasteiger partial charge on any atom is -0.480 e. The van der Waals surface area contributed by atoms with E-state index in [0.29, 0.717) is 5.56 Å². The van der Waals surface area contributed by atoms with Crippen LogP contribution >= 0.6 is 0 Å². The van der Waals surface area contributed by atoms with E-state index in [-0.39, 0.29) is 12.3 Å². The third kappa shape index (κ3) is 5.46. The van der Waals surface area contributed by atoms with E-state index in [9.17, 15) is 14.4 Å². The normalized spacial score (nSPS) is 12.7. The van der Waals surface area contributed by atoms with E-state index in [1.54, 1.807) is 30.3 Å². The van der Waals surface area contributed by atoms with Crippen LogP contribution in [0.4, 0.5) is 0 Å². The zero-order chi connectivity index (χ0) is 18.2. The summed E-state index contributed by atoms with van der Waals surface area (Å²) < 4.78 is 0. The molecule has 2 rings (SSSR count). The van der Waals surface area contributed by atoms with Crippen molar-refractivity contribution < 1.29 is 19.5 Å². The number of amides is 2. The molecular formula is C19H20N2O4. The fourth-order valence-corrected chi connectivity index (χ4v) is 2.27. The van der Waals surface area contributed by atoms with Gasteiger partial charge in [-0.1, -0.05) is 48.5 Å². The minimum atomic E-state index is -1.14. The number of carbonyl (C=O) groups excluding carboxylic acids is 2. The van der Waals surface area contributed by atoms with Gasteiger partial charge < -0.3 is 15.7 Å². The van der Waals surface area contributed by atoms with Crippen LogP contribution < -0.4 is 10.6 Å². The summed E-state index contributed by atoms with van der Waals surface area (Å²) in [4.78, 5) is 35.8. The molecule has 130 valence electrons. The molecule has 0 aliphatic heterocycles. The number of rotatable bonds is 7. The summed E-state index contributed by atoms with van der Waals surface area (Å²) in [6.07, 6.45) is 0.261. The molecule has 6 nitrogen and oxygen atoms in total. The molecule has 0 bridgehead atoms. The van der Waals surface area contributed by atoms with Gasteiger partial charge >= 0.3 is 5.97 Å². The first kappa shape index (κ1) is 18.2. The predicted octanol–water partition coefficient (Wildman–Crippen LogP) is 1.62. The van der Waals surface area contributed by atoms with Crippen LogP contribution in [0.3, 0.4) is 0 Å². The summed E-state index contributed by atoms with van der Waals surface area (Å²) in [7, 11) is 0. The van der Waals surface area contributed by atoms with Gasteiger partial charge in [0.15, 0.2) is 0 Å². The van der Waals surface area contributed by atoms with Crippen LogP contribution in [0, 0.1) is 0 Å². The maximum Gasteiger partial charge on any atom is 0.325 e. The number of carboxylic acid groups (broad SMARTS) is 1. The fourth-order valence-electron chi connectivity index (χ4n) is 2.27. The second-order valence-corrected chi connectivity index (χ2v) is 5.65. The van der Waals surface area contributed by atoms with Crippen molar-refractivity contribution in [2.75, 3.05) is 0 Å². The van der Waals surface area contributed by atoms with Gasteiger partial charge in [0.25, 0.3) is 5.91 Å². The Hall–Kier alpha value is -3.15. The Morgan fingerprint density at radius 3 is 2.04 bits per heavy atom. The maximum atomic E-state index is 12.4. The van der Waals surface area contributed by atoms with Crippen molar-refractivity contribution in [3.8, 4) is 0 Å². The van der Waals surface area contributed by atoms with Crippen molar-refractivity contribution in [2.45, 2.75) is 25.4 Å². The topological polar surface area (TPSA) is 95.5 Å². The van der Waals surface area contributed by atoms with Crippen LogP contribution in [0.1, 0.15) is 22.8 Å². The van der Waals surface area contributed by atoms with Gasteiger partial charge in [-0.25, -0.2) is 0 Å². The molecule has 3 N–H and O–H groups in total. The highest BCUT2D eigenvalue weighted by atomic mass is 16.4. The van der Waals surface area contributed by atoms with Crippen LogP contribution in [-0.4, -0.2) is 35.0 Å². The molecule has 0 aromatic heterocycles. The molecule has 2 amide bonds. The Morgan fingerprint density at radius 2 is 1.48 bits per heavy atom. The lowest BCUT2D eigenvalue weighted by Gasteiger charge is -2.20. The number of nitrogens with one attached hydrogen (secondary N) is 2. The average molecular weight is 340 g/mol. The Kier molecular flexibility index (Phi) is 6.28. The molecule has 2 aromatic carbocycles. The van der Waals surface area contributed by atoms with Crippen LogP contribution in [0.2, 0.25) is 0 Å². The zero-order valence-electron chi connectivity index (χ0n) is 13.8. The van der Waals surface area contributed by atoms with Gasteiger partial charge in [-0.15, -0.1) is 0 Å². The zero-order valence-corrected chi connectivity index (χ0v) is 13.8. The molecule has 25 heavy (non-hydrogen) atoms. The Balaban J connectivity index is 2.15. The van der Waals surface area contributed by atoms with Crippen molar-refractivity contribution in [3.05, 3.63) is 71.8 Å². The summed E-state index contributed by atoms with van der Waals surface area (Å²) in [5.41, 5.74) is 1.29. The summed E-state index contributed by atoms with van der Waals surface area (Å²) in [6.45, 7) is 1.37. The number of benzene rings is 2. The molecule has 0 spiro atoms. The first-order chi connectivity index (χ1) is 12.0. The van der Waals surface area contributed by atoms with Crippen molar-refractivity contribution in [1.82, 2.24) is 10.6 Å². The van der Waals surface area contributed by atoms with Crippen LogP contribution in [-0.2, 0) is 16.0 Å². The lowest BCUT2D eigenvalue weighted by atomic mass is 10.0. The molecule has 0 saturated heterocycles. The number of carbonyl (C=O) groups is 3. The van der Waals surface area contributed by atoms with Crippen LogP contribution in [0.5, 0.6) is 0 Å². The summed E-state index contributed by atoms with van der Waals surface area (Å²) >= 11 is 0. The van der Waals surface area contributed by atoms with E-state index < -0.39 is 24.0 Å². The van der Waals surface area contributed by atoms with Gasteiger partial charge in [-0.05, 0) is 24.6 Å². The first-order valence-corrected chi connectivity index (χ1v) is 7.90. The third-order valence-electron chi connectivity index (χ3n) is 3.67. The monoisotopic (exact) mass is 340 g/mol. The van der Waals surface area contributed by atoms with E-state index in [4.69, 9.17) is 5.11 Å². The molecular weight excluding hydrogens is 320 g/mol. The first-order valence-electron chi connectivity index (χ1n) is 7.90. The van der Waals surface area contributed by atoms with E-state index in [1.165, 1.54) is 6.92 Å². The van der Waals surface area contributed by atoms with E-state index in [1.807, 2.05) is 30.3 Å². The van der Waals surface area contributed by atoms with Crippen LogP contribution in [0.15, 0.2) is 60.7 Å². The molecule has 2 atom stereocenters. The molecule has 6 heteroatoms. The largest absolute Gasteiger partial charge is 0.480 e. The molecule has 0 saturated carbocycles. The second-order valence-electron chi connectivity index (χ2n) is 5.65. The number of aliphatic carboxylic acids is 1. The Bertz CT molecular complexity index is 732. The number of hydrogen-bond acceptors (Lipinski definition) is 3. The van der Waals surface area contributed by atoms with Gasteiger partial charge in [-0.3, -0.25) is 14.4 Å². The van der Waals surface area contributed by atoms with Crippen molar-refractivity contribution in [2.24, 2.45) is 0 Å². The highest BCUT2D eigenvalue weighted by Gasteiger charge is 2.24. The molecule has 0 fully saturated rings. The molecule has 2 aromatic rings. The standard InChI is InChI=1S/C19H20N2O4/c1-13(19(24)25)20-18(23)16(12-14-8-4-2-5-9-14)21-17(22)15-10-6-3-7-11-15/h2-11,13,16H,12H2,1H3,(H,20,23)(H,21,22)(H,24,25)/t13-,16-/m1/s1. The van der Waals surface area contributed by atoms with Gasteiger partial charge in [0, 0.05) is 12.0 Å².